The highest BCUT2D eigenvalue weighted by Gasteiger charge is 2.12. The van der Waals surface area contributed by atoms with E-state index in [0.29, 0.717) is 0 Å². The van der Waals surface area contributed by atoms with E-state index in [1.165, 1.54) is 56.9 Å². The zero-order valence-corrected chi connectivity index (χ0v) is 13.6. The molecule has 0 heteroatoms. The molecule has 0 aliphatic heterocycles. The van der Waals surface area contributed by atoms with Crippen LogP contribution in [0.1, 0.15) is 86.0 Å². The molecule has 0 saturated heterocycles. The normalized spacial score (nSPS) is 16.3. The van der Waals surface area contributed by atoms with E-state index in [1.807, 2.05) is 0 Å². The summed E-state index contributed by atoms with van der Waals surface area (Å²) >= 11 is 0. The molecular formula is C18H36. The standard InChI is InChI=1S/C18H36/c1-7-16(4)12-10-14-18(6)17(5)13-9-8-11-15(2)3/h16-18H,2,7-14H2,1,3-6H3. The summed E-state index contributed by atoms with van der Waals surface area (Å²) in [5, 5.41) is 0. The van der Waals surface area contributed by atoms with E-state index in [1.54, 1.807) is 0 Å². The molecule has 3 atom stereocenters. The lowest BCUT2D eigenvalue weighted by atomic mass is 9.86. The Hall–Kier alpha value is -0.260. The van der Waals surface area contributed by atoms with Crippen molar-refractivity contribution in [1.82, 2.24) is 0 Å². The SMILES string of the molecule is C=C(C)CCCCC(C)C(C)CCCC(C)CC. The van der Waals surface area contributed by atoms with Crippen LogP contribution in [0.3, 0.4) is 0 Å². The molecule has 0 aliphatic carbocycles. The Morgan fingerprint density at radius 2 is 1.44 bits per heavy atom. The van der Waals surface area contributed by atoms with Crippen molar-refractivity contribution in [2.24, 2.45) is 17.8 Å². The highest BCUT2D eigenvalue weighted by Crippen LogP contribution is 2.24. The third kappa shape index (κ3) is 9.74. The predicted molar refractivity (Wildman–Crippen MR) is 84.9 cm³/mol. The zero-order valence-electron chi connectivity index (χ0n) is 13.6. The lowest BCUT2D eigenvalue weighted by Crippen LogP contribution is -2.08. The van der Waals surface area contributed by atoms with Gasteiger partial charge in [0.05, 0.1) is 0 Å². The topological polar surface area (TPSA) is 0 Å². The largest absolute Gasteiger partial charge is 0.100 e. The number of rotatable bonds is 11. The van der Waals surface area contributed by atoms with Crippen LogP contribution in [0.25, 0.3) is 0 Å². The molecule has 0 aliphatic rings. The highest BCUT2D eigenvalue weighted by atomic mass is 14.2. The molecule has 18 heavy (non-hydrogen) atoms. The fourth-order valence-corrected chi connectivity index (χ4v) is 2.45. The molecule has 0 bridgehead atoms. The average molecular weight is 252 g/mol. The van der Waals surface area contributed by atoms with Gasteiger partial charge in [-0.1, -0.05) is 71.8 Å². The third-order valence-corrected chi connectivity index (χ3v) is 4.54. The van der Waals surface area contributed by atoms with Crippen molar-refractivity contribution >= 4 is 0 Å². The first-order valence-corrected chi connectivity index (χ1v) is 8.11. The minimum absolute atomic E-state index is 0.895. The van der Waals surface area contributed by atoms with Gasteiger partial charge in [-0.15, -0.1) is 6.58 Å². The van der Waals surface area contributed by atoms with Crippen molar-refractivity contribution in [3.63, 3.8) is 0 Å². The summed E-state index contributed by atoms with van der Waals surface area (Å²) in [6.45, 7) is 15.7. The van der Waals surface area contributed by atoms with Gasteiger partial charge in [0.2, 0.25) is 0 Å². The molecule has 0 heterocycles. The lowest BCUT2D eigenvalue weighted by Gasteiger charge is -2.20. The molecule has 0 nitrogen and oxygen atoms in total. The van der Waals surface area contributed by atoms with Crippen LogP contribution in [0.5, 0.6) is 0 Å². The van der Waals surface area contributed by atoms with E-state index in [9.17, 15) is 0 Å². The highest BCUT2D eigenvalue weighted by molar-refractivity contribution is 4.87. The Morgan fingerprint density at radius 1 is 0.889 bits per heavy atom. The van der Waals surface area contributed by atoms with Crippen LogP contribution < -0.4 is 0 Å². The van der Waals surface area contributed by atoms with Crippen LogP contribution in [0, 0.1) is 17.8 Å². The van der Waals surface area contributed by atoms with Crippen LogP contribution >= 0.6 is 0 Å². The van der Waals surface area contributed by atoms with Gasteiger partial charge in [0.1, 0.15) is 0 Å². The van der Waals surface area contributed by atoms with Crippen molar-refractivity contribution < 1.29 is 0 Å². The van der Waals surface area contributed by atoms with Gasteiger partial charge in [-0.05, 0) is 37.5 Å². The van der Waals surface area contributed by atoms with Crippen molar-refractivity contribution in [3.8, 4) is 0 Å². The van der Waals surface area contributed by atoms with Gasteiger partial charge >= 0.3 is 0 Å². The maximum atomic E-state index is 3.97. The molecule has 0 saturated carbocycles. The van der Waals surface area contributed by atoms with Crippen molar-refractivity contribution in [1.29, 1.82) is 0 Å². The van der Waals surface area contributed by atoms with Gasteiger partial charge in [0.25, 0.3) is 0 Å². The molecule has 0 radical (unpaired) electrons. The van der Waals surface area contributed by atoms with E-state index in [2.05, 4.69) is 41.2 Å². The summed E-state index contributed by atoms with van der Waals surface area (Å²) in [6.07, 6.45) is 10.9. The molecule has 0 amide bonds. The van der Waals surface area contributed by atoms with Gasteiger partial charge in [0, 0.05) is 0 Å². The average Bonchev–Trinajstić information content (AvgIpc) is 2.33. The van der Waals surface area contributed by atoms with Crippen LogP contribution in [0.15, 0.2) is 12.2 Å². The first kappa shape index (κ1) is 17.7. The van der Waals surface area contributed by atoms with Gasteiger partial charge < -0.3 is 0 Å². The number of hydrogen-bond donors (Lipinski definition) is 0. The Kier molecular flexibility index (Phi) is 10.5. The third-order valence-electron chi connectivity index (χ3n) is 4.54. The molecule has 0 aromatic heterocycles. The minimum Gasteiger partial charge on any atom is -0.100 e. The summed E-state index contributed by atoms with van der Waals surface area (Å²) < 4.78 is 0. The second-order valence-electron chi connectivity index (χ2n) is 6.60. The first-order valence-electron chi connectivity index (χ1n) is 8.11. The molecule has 0 N–H and O–H groups in total. The molecule has 0 spiro atoms. The molecular weight excluding hydrogens is 216 g/mol. The molecule has 0 aromatic rings. The van der Waals surface area contributed by atoms with Crippen LogP contribution in [-0.2, 0) is 0 Å². The zero-order chi connectivity index (χ0) is 14.0. The smallest absolute Gasteiger partial charge is 0.0326 e. The predicted octanol–water partition coefficient (Wildman–Crippen LogP) is 6.61. The summed E-state index contributed by atoms with van der Waals surface area (Å²) in [6, 6.07) is 0. The quantitative estimate of drug-likeness (QED) is 0.286. The number of allylic oxidation sites excluding steroid dienone is 1. The summed E-state index contributed by atoms with van der Waals surface area (Å²) in [5.41, 5.74) is 1.34. The Bertz CT molecular complexity index is 204. The minimum atomic E-state index is 0.895. The van der Waals surface area contributed by atoms with Gasteiger partial charge in [-0.25, -0.2) is 0 Å². The first-order chi connectivity index (χ1) is 8.47. The fourth-order valence-electron chi connectivity index (χ4n) is 2.45. The molecule has 0 rings (SSSR count). The van der Waals surface area contributed by atoms with Crippen molar-refractivity contribution in [2.45, 2.75) is 86.0 Å². The van der Waals surface area contributed by atoms with Crippen molar-refractivity contribution in [2.75, 3.05) is 0 Å². The molecule has 3 unspecified atom stereocenters. The summed E-state index contributed by atoms with van der Waals surface area (Å²) in [5.74, 6) is 2.72. The van der Waals surface area contributed by atoms with E-state index in [-0.39, 0.29) is 0 Å². The van der Waals surface area contributed by atoms with E-state index < -0.39 is 0 Å². The summed E-state index contributed by atoms with van der Waals surface area (Å²) in [4.78, 5) is 0. The summed E-state index contributed by atoms with van der Waals surface area (Å²) in [7, 11) is 0. The van der Waals surface area contributed by atoms with Crippen LogP contribution in [0.4, 0.5) is 0 Å². The van der Waals surface area contributed by atoms with Crippen molar-refractivity contribution in [3.05, 3.63) is 12.2 Å². The van der Waals surface area contributed by atoms with E-state index >= 15 is 0 Å². The number of hydrogen-bond acceptors (Lipinski definition) is 0. The molecule has 0 fully saturated rings. The molecule has 0 aromatic carbocycles. The van der Waals surface area contributed by atoms with Gasteiger partial charge in [-0.3, -0.25) is 0 Å². The Morgan fingerprint density at radius 3 is 1.94 bits per heavy atom. The Labute approximate surface area is 116 Å². The second-order valence-corrected chi connectivity index (χ2v) is 6.60. The fraction of sp³-hybridized carbons (Fsp3) is 0.889. The lowest BCUT2D eigenvalue weighted by molar-refractivity contribution is 0.316. The molecule has 108 valence electrons. The van der Waals surface area contributed by atoms with Gasteiger partial charge in [0.15, 0.2) is 0 Å². The van der Waals surface area contributed by atoms with E-state index in [0.717, 1.165) is 17.8 Å². The van der Waals surface area contributed by atoms with E-state index in [4.69, 9.17) is 0 Å². The maximum absolute atomic E-state index is 3.97. The maximum Gasteiger partial charge on any atom is -0.0326 e. The van der Waals surface area contributed by atoms with Crippen LogP contribution in [0.2, 0.25) is 0 Å². The monoisotopic (exact) mass is 252 g/mol. The second kappa shape index (κ2) is 10.6. The number of unbranched alkanes of at least 4 members (excludes halogenated alkanes) is 1. The Balaban J connectivity index is 3.56. The van der Waals surface area contributed by atoms with Crippen LogP contribution in [-0.4, -0.2) is 0 Å². The van der Waals surface area contributed by atoms with Gasteiger partial charge in [-0.2, -0.15) is 0 Å².